The maximum Gasteiger partial charge on any atom is 0.422 e. The van der Waals surface area contributed by atoms with Gasteiger partial charge in [-0.2, -0.15) is 13.2 Å². The van der Waals surface area contributed by atoms with Crippen molar-refractivity contribution in [3.8, 4) is 11.5 Å². The molecule has 6 nitrogen and oxygen atoms in total. The van der Waals surface area contributed by atoms with Crippen LogP contribution in [0.5, 0.6) is 11.5 Å². The normalized spacial score (nSPS) is 16.3. The molecule has 1 aliphatic rings. The first-order valence-corrected chi connectivity index (χ1v) is 14.6. The largest absolute Gasteiger partial charge is 0.457 e. The van der Waals surface area contributed by atoms with E-state index >= 15 is 0 Å². The smallest absolute Gasteiger partial charge is 0.422 e. The van der Waals surface area contributed by atoms with Crippen LogP contribution in [0.3, 0.4) is 0 Å². The SMILES string of the molecule is C=N/C=C\C(=C/C)C(=C)S/C=C(\C)C(=O)Nc1ccc(Oc2ccc(F)cc2)c(C(F)(F)F)c1N1CCC[C@@H](CNC)C1. The Kier molecular flexibility index (Phi) is 12.2. The Bertz CT molecular complexity index is 1400. The molecule has 1 heterocycles. The topological polar surface area (TPSA) is 66.0 Å². The van der Waals surface area contributed by atoms with Crippen LogP contribution in [0.25, 0.3) is 0 Å². The Morgan fingerprint density at radius 2 is 1.95 bits per heavy atom. The average molecular weight is 617 g/mol. The fourth-order valence-corrected chi connectivity index (χ4v) is 5.45. The Hall–Kier alpha value is -3.83. The van der Waals surface area contributed by atoms with Gasteiger partial charge in [-0.25, -0.2) is 4.39 Å². The van der Waals surface area contributed by atoms with Crippen molar-refractivity contribution in [2.45, 2.75) is 32.9 Å². The van der Waals surface area contributed by atoms with Gasteiger partial charge in [0.1, 0.15) is 22.9 Å². The van der Waals surface area contributed by atoms with E-state index in [4.69, 9.17) is 4.74 Å². The zero-order valence-corrected chi connectivity index (χ0v) is 25.2. The number of alkyl halides is 3. The van der Waals surface area contributed by atoms with Crippen molar-refractivity contribution in [3.05, 3.63) is 94.2 Å². The number of amides is 1. The van der Waals surface area contributed by atoms with Crippen LogP contribution in [0.2, 0.25) is 0 Å². The van der Waals surface area contributed by atoms with E-state index < -0.39 is 29.2 Å². The summed E-state index contributed by atoms with van der Waals surface area (Å²) < 4.78 is 63.5. The fourth-order valence-electron chi connectivity index (χ4n) is 4.70. The number of hydrogen-bond donors (Lipinski definition) is 2. The van der Waals surface area contributed by atoms with Gasteiger partial charge in [-0.3, -0.25) is 9.79 Å². The van der Waals surface area contributed by atoms with Crippen molar-refractivity contribution in [2.24, 2.45) is 10.9 Å². The minimum Gasteiger partial charge on any atom is -0.457 e. The van der Waals surface area contributed by atoms with Crippen LogP contribution in [0.4, 0.5) is 28.9 Å². The lowest BCUT2D eigenvalue weighted by Gasteiger charge is -2.37. The molecule has 2 N–H and O–H groups in total. The first-order chi connectivity index (χ1) is 20.5. The van der Waals surface area contributed by atoms with E-state index in [1.807, 2.05) is 13.0 Å². The van der Waals surface area contributed by atoms with Gasteiger partial charge in [-0.15, -0.1) is 0 Å². The highest BCUT2D eigenvalue weighted by molar-refractivity contribution is 8.06. The standard InChI is InChI=1S/C32H36F4N4O2S/c1-6-24(15-16-37-4)22(3)43-20-21(2)31(41)39-27-13-14-28(42-26-11-9-25(33)10-12-26)29(32(34,35)36)30(27)40-17-7-8-23(19-40)18-38-5/h6,9-16,20,23,38H,3-4,7-8,17-19H2,1-2,5H3,(H,39,41)/b16-15-,21-20+,24-6+/t23-/m0/s1. The van der Waals surface area contributed by atoms with Crippen LogP contribution < -0.4 is 20.3 Å². The van der Waals surface area contributed by atoms with Crippen molar-refractivity contribution in [1.82, 2.24) is 5.32 Å². The van der Waals surface area contributed by atoms with E-state index in [2.05, 4.69) is 28.9 Å². The summed E-state index contributed by atoms with van der Waals surface area (Å²) in [7, 11) is 1.80. The Morgan fingerprint density at radius 3 is 2.58 bits per heavy atom. The summed E-state index contributed by atoms with van der Waals surface area (Å²) >= 11 is 1.21. The molecular formula is C32H36F4N4O2S. The van der Waals surface area contributed by atoms with E-state index in [-0.39, 0.29) is 28.6 Å². The minimum atomic E-state index is -4.82. The van der Waals surface area contributed by atoms with E-state index in [0.717, 1.165) is 24.1 Å². The number of aliphatic imine (C=N–C) groups is 1. The molecule has 1 atom stereocenters. The number of allylic oxidation sites excluding steroid dienone is 3. The molecule has 1 amide bonds. The molecule has 1 fully saturated rings. The predicted molar refractivity (Wildman–Crippen MR) is 168 cm³/mol. The van der Waals surface area contributed by atoms with E-state index in [9.17, 15) is 22.4 Å². The quantitative estimate of drug-likeness (QED) is 0.109. The number of ether oxygens (including phenoxy) is 1. The van der Waals surface area contributed by atoms with Crippen molar-refractivity contribution >= 4 is 35.8 Å². The Morgan fingerprint density at radius 1 is 1.23 bits per heavy atom. The molecule has 1 aliphatic heterocycles. The number of hydrogen-bond acceptors (Lipinski definition) is 6. The minimum absolute atomic E-state index is 0.0135. The first-order valence-electron chi connectivity index (χ1n) is 13.7. The second-order valence-corrected chi connectivity index (χ2v) is 10.9. The van der Waals surface area contributed by atoms with Gasteiger partial charge in [0.2, 0.25) is 0 Å². The Balaban J connectivity index is 2.02. The van der Waals surface area contributed by atoms with E-state index in [0.29, 0.717) is 31.0 Å². The highest BCUT2D eigenvalue weighted by Gasteiger charge is 2.41. The van der Waals surface area contributed by atoms with Crippen molar-refractivity contribution in [1.29, 1.82) is 0 Å². The molecule has 0 spiro atoms. The van der Waals surface area contributed by atoms with Gasteiger partial charge < -0.3 is 20.3 Å². The van der Waals surface area contributed by atoms with Crippen LogP contribution in [0, 0.1) is 11.7 Å². The van der Waals surface area contributed by atoms with Crippen molar-refractivity contribution in [3.63, 3.8) is 0 Å². The third kappa shape index (κ3) is 9.33. The van der Waals surface area contributed by atoms with Gasteiger partial charge in [0.25, 0.3) is 5.91 Å². The molecule has 230 valence electrons. The molecule has 0 aliphatic carbocycles. The monoisotopic (exact) mass is 616 g/mol. The summed E-state index contributed by atoms with van der Waals surface area (Å²) in [5, 5.41) is 7.40. The third-order valence-corrected chi connectivity index (χ3v) is 7.76. The van der Waals surface area contributed by atoms with Crippen LogP contribution in [-0.4, -0.2) is 39.3 Å². The molecule has 0 bridgehead atoms. The van der Waals surface area contributed by atoms with Crippen molar-refractivity contribution in [2.75, 3.05) is 36.9 Å². The lowest BCUT2D eigenvalue weighted by molar-refractivity contribution is -0.138. The zero-order valence-electron chi connectivity index (χ0n) is 24.4. The number of nitrogens with one attached hydrogen (secondary N) is 2. The van der Waals surface area contributed by atoms with E-state index in [1.165, 1.54) is 42.2 Å². The van der Waals surface area contributed by atoms with Crippen LogP contribution >= 0.6 is 11.8 Å². The number of carbonyl (C=O) groups excluding carboxylic acids is 1. The highest BCUT2D eigenvalue weighted by Crippen LogP contribution is 2.48. The van der Waals surface area contributed by atoms with Gasteiger partial charge in [-0.1, -0.05) is 24.4 Å². The van der Waals surface area contributed by atoms with Gasteiger partial charge in [0, 0.05) is 29.8 Å². The van der Waals surface area contributed by atoms with Crippen LogP contribution in [0.15, 0.2) is 87.8 Å². The number of nitrogens with zero attached hydrogens (tertiary/aromatic N) is 2. The third-order valence-electron chi connectivity index (χ3n) is 6.77. The number of rotatable bonds is 12. The summed E-state index contributed by atoms with van der Waals surface area (Å²) in [6, 6.07) is 7.33. The lowest BCUT2D eigenvalue weighted by atomic mass is 9.96. The second-order valence-electron chi connectivity index (χ2n) is 9.94. The maximum absolute atomic E-state index is 14.8. The number of halogens is 4. The molecule has 2 aromatic carbocycles. The fraction of sp³-hybridized carbons (Fsp3) is 0.312. The summed E-state index contributed by atoms with van der Waals surface area (Å²) in [6.45, 7) is 12.2. The van der Waals surface area contributed by atoms with Crippen molar-refractivity contribution < 1.29 is 27.1 Å². The zero-order chi connectivity index (χ0) is 31.6. The predicted octanol–water partition coefficient (Wildman–Crippen LogP) is 8.32. The summed E-state index contributed by atoms with van der Waals surface area (Å²) in [5.41, 5.74) is -0.0874. The molecule has 0 aromatic heterocycles. The molecule has 0 saturated carbocycles. The van der Waals surface area contributed by atoms with Crippen LogP contribution in [0.1, 0.15) is 32.3 Å². The van der Waals surface area contributed by atoms with Gasteiger partial charge >= 0.3 is 6.18 Å². The number of anilines is 2. The summed E-state index contributed by atoms with van der Waals surface area (Å²) in [4.78, 5) is 19.3. The number of benzene rings is 2. The number of carbonyl (C=O) groups is 1. The molecule has 11 heteroatoms. The molecule has 0 radical (unpaired) electrons. The molecule has 0 unspecified atom stereocenters. The molecule has 2 aromatic rings. The second kappa shape index (κ2) is 15.6. The first kappa shape index (κ1) is 33.7. The average Bonchev–Trinajstić information content (AvgIpc) is 2.97. The molecular weight excluding hydrogens is 580 g/mol. The Labute approximate surface area is 254 Å². The summed E-state index contributed by atoms with van der Waals surface area (Å²) in [5.74, 6) is -1.38. The van der Waals surface area contributed by atoms with Gasteiger partial charge in [0.05, 0.1) is 11.4 Å². The maximum atomic E-state index is 14.8. The van der Waals surface area contributed by atoms with Gasteiger partial charge in [0.15, 0.2) is 0 Å². The molecule has 43 heavy (non-hydrogen) atoms. The van der Waals surface area contributed by atoms with Crippen LogP contribution in [-0.2, 0) is 11.0 Å². The summed E-state index contributed by atoms with van der Waals surface area (Å²) in [6.07, 6.45) is 1.81. The van der Waals surface area contributed by atoms with E-state index in [1.54, 1.807) is 30.4 Å². The number of thioether (sulfide) groups is 1. The van der Waals surface area contributed by atoms with Gasteiger partial charge in [-0.05, 0) is 106 Å². The lowest BCUT2D eigenvalue weighted by Crippen LogP contribution is -2.40. The number of piperidine rings is 1. The highest BCUT2D eigenvalue weighted by atomic mass is 32.2. The molecule has 3 rings (SSSR count). The molecule has 1 saturated heterocycles.